The molecule has 28 heavy (non-hydrogen) atoms. The number of likely N-dealkylation sites (tertiary alicyclic amines) is 1. The van der Waals surface area contributed by atoms with Crippen LogP contribution in [-0.4, -0.2) is 61.3 Å². The van der Waals surface area contributed by atoms with Crippen molar-refractivity contribution in [3.8, 4) is 0 Å². The normalized spacial score (nSPS) is 22.7. The molecule has 2 aliphatic heterocycles. The van der Waals surface area contributed by atoms with Gasteiger partial charge < -0.3 is 5.32 Å². The van der Waals surface area contributed by atoms with Crippen LogP contribution < -0.4 is 5.32 Å². The molecule has 0 radical (unpaired) electrons. The predicted octanol–water partition coefficient (Wildman–Crippen LogP) is 2.61. The van der Waals surface area contributed by atoms with Gasteiger partial charge in [-0.15, -0.1) is 0 Å². The van der Waals surface area contributed by atoms with Crippen molar-refractivity contribution in [3.63, 3.8) is 0 Å². The number of amides is 1. The highest BCUT2D eigenvalue weighted by molar-refractivity contribution is 7.89. The second-order valence-electron chi connectivity index (χ2n) is 8.52. The van der Waals surface area contributed by atoms with Crippen molar-refractivity contribution >= 4 is 15.9 Å². The van der Waals surface area contributed by atoms with Crippen molar-refractivity contribution in [1.82, 2.24) is 14.5 Å². The molecule has 6 nitrogen and oxygen atoms in total. The Balaban J connectivity index is 1.69. The highest BCUT2D eigenvalue weighted by Gasteiger charge is 2.38. The number of nitrogens with one attached hydrogen (secondary N) is 1. The van der Waals surface area contributed by atoms with Crippen LogP contribution in [0.2, 0.25) is 0 Å². The van der Waals surface area contributed by atoms with Crippen LogP contribution in [-0.2, 0) is 14.8 Å². The molecule has 3 rings (SSSR count). The van der Waals surface area contributed by atoms with Crippen molar-refractivity contribution in [2.75, 3.05) is 26.2 Å². The number of hydrogen-bond donors (Lipinski definition) is 1. The maximum atomic E-state index is 13.1. The molecule has 1 atom stereocenters. The lowest BCUT2D eigenvalue weighted by Gasteiger charge is -2.41. The van der Waals surface area contributed by atoms with Crippen molar-refractivity contribution in [2.24, 2.45) is 0 Å². The first kappa shape index (κ1) is 21.3. The molecule has 0 spiro atoms. The molecule has 0 aromatic heterocycles. The van der Waals surface area contributed by atoms with Crippen LogP contribution in [0, 0.1) is 0 Å². The van der Waals surface area contributed by atoms with E-state index in [1.54, 1.807) is 30.3 Å². The average Bonchev–Trinajstić information content (AvgIpc) is 2.73. The molecule has 156 valence electrons. The summed E-state index contributed by atoms with van der Waals surface area (Å²) in [6.45, 7) is 7.34. The van der Waals surface area contributed by atoms with Gasteiger partial charge in [-0.25, -0.2) is 8.42 Å². The molecule has 2 heterocycles. The first-order valence-electron chi connectivity index (χ1n) is 10.4. The molecule has 0 saturated carbocycles. The van der Waals surface area contributed by atoms with Crippen LogP contribution in [0.5, 0.6) is 0 Å². The molecule has 7 heteroatoms. The molecule has 2 saturated heterocycles. The molecule has 1 aromatic carbocycles. The summed E-state index contributed by atoms with van der Waals surface area (Å²) in [6.07, 6.45) is 5.89. The lowest BCUT2D eigenvalue weighted by Crippen LogP contribution is -2.57. The quantitative estimate of drug-likeness (QED) is 0.787. The molecule has 1 N–H and O–H groups in total. The summed E-state index contributed by atoms with van der Waals surface area (Å²) in [6, 6.07) is 7.79. The summed E-state index contributed by atoms with van der Waals surface area (Å²) < 4.78 is 27.6. The van der Waals surface area contributed by atoms with E-state index >= 15 is 0 Å². The van der Waals surface area contributed by atoms with E-state index < -0.39 is 16.1 Å². The van der Waals surface area contributed by atoms with Crippen LogP contribution >= 0.6 is 0 Å². The van der Waals surface area contributed by atoms with Crippen molar-refractivity contribution in [2.45, 2.75) is 68.8 Å². The minimum absolute atomic E-state index is 0.131. The van der Waals surface area contributed by atoms with E-state index in [9.17, 15) is 13.2 Å². The fraction of sp³-hybridized carbons (Fsp3) is 0.667. The number of hydrogen-bond acceptors (Lipinski definition) is 4. The first-order chi connectivity index (χ1) is 13.3. The Kier molecular flexibility index (Phi) is 6.78. The number of carbonyl (C=O) groups excluding carboxylic acids is 1. The van der Waals surface area contributed by atoms with Gasteiger partial charge in [0.15, 0.2) is 0 Å². The Bertz CT molecular complexity index is 758. The molecular weight excluding hydrogens is 374 g/mol. The van der Waals surface area contributed by atoms with Gasteiger partial charge in [0.05, 0.1) is 4.90 Å². The Hall–Kier alpha value is -1.44. The molecule has 1 amide bonds. The molecule has 0 aliphatic carbocycles. The van der Waals surface area contributed by atoms with E-state index in [1.807, 2.05) is 0 Å². The first-order valence-corrected chi connectivity index (χ1v) is 11.9. The maximum absolute atomic E-state index is 13.1. The number of benzene rings is 1. The molecule has 0 bridgehead atoms. The minimum atomic E-state index is -3.67. The highest BCUT2D eigenvalue weighted by atomic mass is 32.2. The topological polar surface area (TPSA) is 69.7 Å². The van der Waals surface area contributed by atoms with E-state index in [-0.39, 0.29) is 16.3 Å². The largest absolute Gasteiger partial charge is 0.353 e. The SMILES string of the molecule is CC(C)(CNC(=O)C1CCCCN1S(=O)(=O)c1ccccc1)N1CCCCC1. The zero-order valence-electron chi connectivity index (χ0n) is 17.1. The van der Waals surface area contributed by atoms with E-state index in [1.165, 1.54) is 23.6 Å². The summed E-state index contributed by atoms with van der Waals surface area (Å²) in [5.41, 5.74) is -0.131. The average molecular weight is 408 g/mol. The third-order valence-corrected chi connectivity index (χ3v) is 7.94. The zero-order valence-corrected chi connectivity index (χ0v) is 17.9. The van der Waals surface area contributed by atoms with Crippen molar-refractivity contribution in [1.29, 1.82) is 0 Å². The van der Waals surface area contributed by atoms with E-state index in [2.05, 4.69) is 24.1 Å². The maximum Gasteiger partial charge on any atom is 0.243 e. The highest BCUT2D eigenvalue weighted by Crippen LogP contribution is 2.26. The molecule has 1 aromatic rings. The molecule has 1 unspecified atom stereocenters. The molecule has 2 fully saturated rings. The number of rotatable bonds is 6. The fourth-order valence-electron chi connectivity index (χ4n) is 4.21. The van der Waals surface area contributed by atoms with Gasteiger partial charge in [0.25, 0.3) is 0 Å². The Morgan fingerprint density at radius 1 is 1.04 bits per heavy atom. The van der Waals surface area contributed by atoms with Gasteiger partial charge >= 0.3 is 0 Å². The minimum Gasteiger partial charge on any atom is -0.353 e. The number of nitrogens with zero attached hydrogens (tertiary/aromatic N) is 2. The third kappa shape index (κ3) is 4.75. The predicted molar refractivity (Wildman–Crippen MR) is 110 cm³/mol. The van der Waals surface area contributed by atoms with E-state index in [0.717, 1.165) is 25.9 Å². The smallest absolute Gasteiger partial charge is 0.243 e. The van der Waals surface area contributed by atoms with Gasteiger partial charge in [-0.05, 0) is 64.8 Å². The Labute approximate surface area is 169 Å². The van der Waals surface area contributed by atoms with Crippen LogP contribution in [0.25, 0.3) is 0 Å². The van der Waals surface area contributed by atoms with Gasteiger partial charge in [0.2, 0.25) is 15.9 Å². The molecular formula is C21H33N3O3S. The Morgan fingerprint density at radius 3 is 2.36 bits per heavy atom. The summed E-state index contributed by atoms with van der Waals surface area (Å²) in [5.74, 6) is -0.177. The lowest BCUT2D eigenvalue weighted by molar-refractivity contribution is -0.126. The van der Waals surface area contributed by atoms with Crippen molar-refractivity contribution < 1.29 is 13.2 Å². The van der Waals surface area contributed by atoms with Crippen LogP contribution in [0.3, 0.4) is 0 Å². The van der Waals surface area contributed by atoms with Crippen LogP contribution in [0.4, 0.5) is 0 Å². The van der Waals surface area contributed by atoms with Gasteiger partial charge in [0, 0.05) is 18.6 Å². The van der Waals surface area contributed by atoms with E-state index in [4.69, 9.17) is 0 Å². The van der Waals surface area contributed by atoms with E-state index in [0.29, 0.717) is 19.5 Å². The van der Waals surface area contributed by atoms with Crippen LogP contribution in [0.15, 0.2) is 35.2 Å². The lowest BCUT2D eigenvalue weighted by atomic mass is 9.98. The second-order valence-corrected chi connectivity index (χ2v) is 10.4. The van der Waals surface area contributed by atoms with Gasteiger partial charge in [-0.3, -0.25) is 9.69 Å². The summed E-state index contributed by atoms with van der Waals surface area (Å²) in [5, 5.41) is 3.06. The third-order valence-electron chi connectivity index (χ3n) is 6.01. The molecule has 2 aliphatic rings. The van der Waals surface area contributed by atoms with Crippen molar-refractivity contribution in [3.05, 3.63) is 30.3 Å². The summed E-state index contributed by atoms with van der Waals surface area (Å²) in [7, 11) is -3.67. The standard InChI is InChI=1S/C21H33N3O3S/c1-21(2,23-14-8-4-9-15-23)17-22-20(25)19-13-7-10-16-24(19)28(26,27)18-11-5-3-6-12-18/h3,5-6,11-12,19H,4,7-10,13-17H2,1-2H3,(H,22,25). The fourth-order valence-corrected chi connectivity index (χ4v) is 5.89. The van der Waals surface area contributed by atoms with Gasteiger partial charge in [-0.1, -0.05) is 31.0 Å². The Morgan fingerprint density at radius 2 is 1.68 bits per heavy atom. The second kappa shape index (κ2) is 8.93. The van der Waals surface area contributed by atoms with Gasteiger partial charge in [0.1, 0.15) is 6.04 Å². The summed E-state index contributed by atoms with van der Waals surface area (Å²) in [4.78, 5) is 15.7. The monoisotopic (exact) mass is 407 g/mol. The number of carbonyl (C=O) groups is 1. The van der Waals surface area contributed by atoms with Crippen LogP contribution in [0.1, 0.15) is 52.4 Å². The zero-order chi connectivity index (χ0) is 20.2. The number of piperidine rings is 2. The summed E-state index contributed by atoms with van der Waals surface area (Å²) >= 11 is 0. The number of sulfonamides is 1. The van der Waals surface area contributed by atoms with Gasteiger partial charge in [-0.2, -0.15) is 4.31 Å².